The zero-order valence-electron chi connectivity index (χ0n) is 11.2. The van der Waals surface area contributed by atoms with E-state index in [0.29, 0.717) is 5.76 Å². The summed E-state index contributed by atoms with van der Waals surface area (Å²) in [5.41, 5.74) is 0.411. The fraction of sp³-hybridized carbons (Fsp3) is 0.0625. The highest BCUT2D eigenvalue weighted by Gasteiger charge is 2.18. The molecule has 0 amide bonds. The largest absolute Gasteiger partial charge is 0.504 e. The molecule has 2 N–H and O–H groups in total. The van der Waals surface area contributed by atoms with Gasteiger partial charge >= 0.3 is 0 Å². The molecule has 1 heterocycles. The summed E-state index contributed by atoms with van der Waals surface area (Å²) >= 11 is 0. The van der Waals surface area contributed by atoms with Gasteiger partial charge in [-0.3, -0.25) is 4.79 Å². The molecule has 21 heavy (non-hydrogen) atoms. The molecular weight excluding hydrogens is 272 g/mol. The second-order valence-electron chi connectivity index (χ2n) is 4.49. The number of benzene rings is 2. The van der Waals surface area contributed by atoms with Crippen LogP contribution in [0.15, 0.2) is 51.7 Å². The van der Waals surface area contributed by atoms with Crippen LogP contribution in [0, 0.1) is 0 Å². The van der Waals surface area contributed by atoms with Crippen molar-refractivity contribution in [3.8, 4) is 28.6 Å². The van der Waals surface area contributed by atoms with E-state index in [2.05, 4.69) is 0 Å². The number of phenols is 2. The van der Waals surface area contributed by atoms with Crippen LogP contribution in [0.3, 0.4) is 0 Å². The maximum atomic E-state index is 12.2. The first-order valence-corrected chi connectivity index (χ1v) is 6.24. The highest BCUT2D eigenvalue weighted by atomic mass is 16.5. The molecule has 0 saturated carbocycles. The monoisotopic (exact) mass is 284 g/mol. The molecule has 0 fully saturated rings. The van der Waals surface area contributed by atoms with Gasteiger partial charge < -0.3 is 19.4 Å². The summed E-state index contributed by atoms with van der Waals surface area (Å²) in [4.78, 5) is 12.2. The summed E-state index contributed by atoms with van der Waals surface area (Å²) in [7, 11) is 1.29. The molecule has 0 atom stereocenters. The minimum Gasteiger partial charge on any atom is -0.504 e. The van der Waals surface area contributed by atoms with Gasteiger partial charge in [0.1, 0.15) is 16.7 Å². The average molecular weight is 284 g/mol. The van der Waals surface area contributed by atoms with Gasteiger partial charge in [-0.05, 0) is 0 Å². The van der Waals surface area contributed by atoms with Crippen molar-refractivity contribution in [1.29, 1.82) is 0 Å². The number of methoxy groups -OCH3 is 1. The van der Waals surface area contributed by atoms with Crippen LogP contribution in [0.5, 0.6) is 17.2 Å². The zero-order chi connectivity index (χ0) is 15.0. The van der Waals surface area contributed by atoms with Crippen LogP contribution in [0.2, 0.25) is 0 Å². The Hall–Kier alpha value is -2.95. The number of aromatic hydroxyl groups is 2. The highest BCUT2D eigenvalue weighted by molar-refractivity contribution is 5.89. The molecule has 0 bridgehead atoms. The number of fused-ring (bicyclic) bond motifs is 1. The first-order valence-electron chi connectivity index (χ1n) is 6.24. The van der Waals surface area contributed by atoms with E-state index >= 15 is 0 Å². The molecule has 1 aromatic heterocycles. The van der Waals surface area contributed by atoms with Crippen molar-refractivity contribution in [3.05, 3.63) is 52.7 Å². The van der Waals surface area contributed by atoms with E-state index < -0.39 is 11.2 Å². The minimum absolute atomic E-state index is 0.0238. The Balaban J connectivity index is 2.34. The number of phenolic OH excluding ortho intramolecular Hbond substituents is 2. The van der Waals surface area contributed by atoms with Gasteiger partial charge in [-0.1, -0.05) is 30.3 Å². The van der Waals surface area contributed by atoms with Gasteiger partial charge in [0.05, 0.1) is 7.11 Å². The standard InChI is InChI=1S/C16H12O5/c1-20-16-11(18)8-13-14(15(16)19)10(17)7-12(21-13)9-5-3-2-4-6-9/h2-8,18-19H,1H3. The van der Waals surface area contributed by atoms with Crippen molar-refractivity contribution in [2.75, 3.05) is 7.11 Å². The lowest BCUT2D eigenvalue weighted by atomic mass is 10.1. The molecule has 3 rings (SSSR count). The number of hydrogen-bond acceptors (Lipinski definition) is 5. The Morgan fingerprint density at radius 2 is 1.81 bits per heavy atom. The molecule has 0 saturated heterocycles. The summed E-state index contributed by atoms with van der Waals surface area (Å²) in [6.45, 7) is 0. The Morgan fingerprint density at radius 1 is 1.10 bits per heavy atom. The van der Waals surface area contributed by atoms with Crippen LogP contribution in [-0.2, 0) is 0 Å². The number of ether oxygens (including phenoxy) is 1. The first-order chi connectivity index (χ1) is 10.1. The Bertz CT molecular complexity index is 865. The molecular formula is C16H12O5. The van der Waals surface area contributed by atoms with E-state index in [0.717, 1.165) is 5.56 Å². The van der Waals surface area contributed by atoms with E-state index in [1.807, 2.05) is 18.2 Å². The molecule has 5 heteroatoms. The molecule has 0 aliphatic carbocycles. The van der Waals surface area contributed by atoms with Crippen LogP contribution < -0.4 is 10.2 Å². The Kier molecular flexibility index (Phi) is 3.02. The summed E-state index contributed by atoms with van der Waals surface area (Å²) in [5, 5.41) is 19.8. The average Bonchev–Trinajstić information content (AvgIpc) is 2.47. The first kappa shape index (κ1) is 13.1. The summed E-state index contributed by atoms with van der Waals surface area (Å²) in [5.74, 6) is -0.518. The van der Waals surface area contributed by atoms with Gasteiger partial charge in [0.15, 0.2) is 16.9 Å². The minimum atomic E-state index is -0.430. The van der Waals surface area contributed by atoms with E-state index in [1.165, 1.54) is 19.2 Å². The second kappa shape index (κ2) is 4.86. The molecule has 2 aromatic carbocycles. The molecule has 106 valence electrons. The molecule has 5 nitrogen and oxygen atoms in total. The second-order valence-corrected chi connectivity index (χ2v) is 4.49. The topological polar surface area (TPSA) is 79.9 Å². The van der Waals surface area contributed by atoms with Crippen LogP contribution in [0.1, 0.15) is 0 Å². The molecule has 0 radical (unpaired) electrons. The predicted molar refractivity (Wildman–Crippen MR) is 77.8 cm³/mol. The maximum absolute atomic E-state index is 12.2. The number of hydrogen-bond donors (Lipinski definition) is 2. The van der Waals surface area contributed by atoms with Gasteiger partial charge in [-0.15, -0.1) is 0 Å². The van der Waals surface area contributed by atoms with Gasteiger partial charge in [-0.2, -0.15) is 0 Å². The van der Waals surface area contributed by atoms with Crippen molar-refractivity contribution in [1.82, 2.24) is 0 Å². The lowest BCUT2D eigenvalue weighted by Gasteiger charge is -2.09. The fourth-order valence-electron chi connectivity index (χ4n) is 2.22. The SMILES string of the molecule is COc1c(O)cc2oc(-c3ccccc3)cc(=O)c2c1O. The molecule has 0 aliphatic heterocycles. The smallest absolute Gasteiger partial charge is 0.203 e. The summed E-state index contributed by atoms with van der Waals surface area (Å²) in [6.07, 6.45) is 0. The van der Waals surface area contributed by atoms with Crippen LogP contribution in [0.25, 0.3) is 22.3 Å². The van der Waals surface area contributed by atoms with Crippen molar-refractivity contribution in [2.24, 2.45) is 0 Å². The van der Waals surface area contributed by atoms with Gasteiger partial charge in [0.2, 0.25) is 5.75 Å². The quantitative estimate of drug-likeness (QED) is 0.756. The van der Waals surface area contributed by atoms with Crippen molar-refractivity contribution < 1.29 is 19.4 Å². The van der Waals surface area contributed by atoms with Crippen molar-refractivity contribution in [2.45, 2.75) is 0 Å². The molecule has 0 spiro atoms. The highest BCUT2D eigenvalue weighted by Crippen LogP contribution is 2.41. The van der Waals surface area contributed by atoms with Gasteiger partial charge in [0.25, 0.3) is 0 Å². The normalized spacial score (nSPS) is 10.7. The lowest BCUT2D eigenvalue weighted by molar-refractivity contribution is 0.346. The third kappa shape index (κ3) is 2.08. The third-order valence-electron chi connectivity index (χ3n) is 3.19. The summed E-state index contributed by atoms with van der Waals surface area (Å²) in [6, 6.07) is 11.6. The zero-order valence-corrected chi connectivity index (χ0v) is 11.2. The van der Waals surface area contributed by atoms with Crippen LogP contribution in [-0.4, -0.2) is 17.3 Å². The molecule has 0 aliphatic rings. The third-order valence-corrected chi connectivity index (χ3v) is 3.19. The van der Waals surface area contributed by atoms with Crippen LogP contribution >= 0.6 is 0 Å². The molecule has 0 unspecified atom stereocenters. The predicted octanol–water partition coefficient (Wildman–Crippen LogP) is 2.88. The summed E-state index contributed by atoms with van der Waals surface area (Å²) < 4.78 is 10.5. The Labute approximate surface area is 119 Å². The van der Waals surface area contributed by atoms with Gasteiger partial charge in [-0.25, -0.2) is 0 Å². The maximum Gasteiger partial charge on any atom is 0.203 e. The van der Waals surface area contributed by atoms with Gasteiger partial charge in [0, 0.05) is 17.7 Å². The van der Waals surface area contributed by atoms with Crippen LogP contribution in [0.4, 0.5) is 0 Å². The van der Waals surface area contributed by atoms with E-state index in [1.54, 1.807) is 12.1 Å². The Morgan fingerprint density at radius 3 is 2.48 bits per heavy atom. The van der Waals surface area contributed by atoms with E-state index in [9.17, 15) is 15.0 Å². The number of rotatable bonds is 2. The fourth-order valence-corrected chi connectivity index (χ4v) is 2.22. The van der Waals surface area contributed by atoms with E-state index in [-0.39, 0.29) is 22.5 Å². The van der Waals surface area contributed by atoms with Crippen molar-refractivity contribution in [3.63, 3.8) is 0 Å². The lowest BCUT2D eigenvalue weighted by Crippen LogP contribution is -2.01. The van der Waals surface area contributed by atoms with E-state index in [4.69, 9.17) is 9.15 Å². The van der Waals surface area contributed by atoms with Crippen molar-refractivity contribution >= 4 is 11.0 Å². The molecule has 3 aromatic rings.